The summed E-state index contributed by atoms with van der Waals surface area (Å²) in [4.78, 5) is 0. The molecule has 3 nitrogen and oxygen atoms in total. The van der Waals surface area contributed by atoms with E-state index >= 15 is 0 Å². The summed E-state index contributed by atoms with van der Waals surface area (Å²) >= 11 is 0. The van der Waals surface area contributed by atoms with E-state index in [2.05, 4.69) is 38.3 Å². The molecule has 0 bridgehead atoms. The molecule has 0 aliphatic rings. The van der Waals surface area contributed by atoms with Gasteiger partial charge < -0.3 is 15.4 Å². The molecule has 0 spiro atoms. The van der Waals surface area contributed by atoms with Crippen LogP contribution >= 0.6 is 0 Å². The maximum Gasteiger partial charge on any atom is 0.131 e. The Balaban J connectivity index is 2.53. The minimum absolute atomic E-state index is 0.0889. The van der Waals surface area contributed by atoms with E-state index in [9.17, 15) is 4.39 Å². The molecule has 0 saturated carbocycles. The van der Waals surface area contributed by atoms with E-state index in [4.69, 9.17) is 4.74 Å². The van der Waals surface area contributed by atoms with Gasteiger partial charge in [-0.05, 0) is 39.8 Å². The van der Waals surface area contributed by atoms with E-state index in [1.54, 1.807) is 19.2 Å². The van der Waals surface area contributed by atoms with E-state index in [1.807, 2.05) is 0 Å². The summed E-state index contributed by atoms with van der Waals surface area (Å²) in [6.07, 6.45) is 0. The fraction of sp³-hybridized carbons (Fsp3) is 0.600. The number of methoxy groups -OCH3 is 1. The van der Waals surface area contributed by atoms with E-state index in [0.29, 0.717) is 17.9 Å². The van der Waals surface area contributed by atoms with Crippen molar-refractivity contribution in [1.82, 2.24) is 10.6 Å². The first-order valence-corrected chi connectivity index (χ1v) is 6.63. The summed E-state index contributed by atoms with van der Waals surface area (Å²) in [5.74, 6) is 0.353. The molecule has 1 unspecified atom stereocenters. The Bertz CT molecular complexity index is 402. The Morgan fingerprint density at radius 2 is 2.00 bits per heavy atom. The smallest absolute Gasteiger partial charge is 0.131 e. The van der Waals surface area contributed by atoms with Gasteiger partial charge in [0.1, 0.15) is 11.6 Å². The maximum atomic E-state index is 13.7. The van der Waals surface area contributed by atoms with E-state index in [1.165, 1.54) is 6.07 Å². The molecule has 0 aliphatic heterocycles. The van der Waals surface area contributed by atoms with Crippen molar-refractivity contribution in [2.75, 3.05) is 13.7 Å². The third-order valence-corrected chi connectivity index (χ3v) is 2.86. The van der Waals surface area contributed by atoms with Crippen molar-refractivity contribution in [3.63, 3.8) is 0 Å². The van der Waals surface area contributed by atoms with Crippen molar-refractivity contribution in [2.24, 2.45) is 0 Å². The van der Waals surface area contributed by atoms with Crippen LogP contribution in [0.25, 0.3) is 0 Å². The van der Waals surface area contributed by atoms with Crippen LogP contribution < -0.4 is 15.4 Å². The van der Waals surface area contributed by atoms with Gasteiger partial charge in [0.05, 0.1) is 7.11 Å². The molecule has 0 aliphatic carbocycles. The Kier molecular flexibility index (Phi) is 5.76. The number of halogens is 1. The average Bonchev–Trinajstić information content (AvgIpc) is 2.33. The second kappa shape index (κ2) is 6.87. The van der Waals surface area contributed by atoms with Crippen LogP contribution in [0.15, 0.2) is 18.2 Å². The summed E-state index contributed by atoms with van der Waals surface area (Å²) in [6, 6.07) is 5.14. The van der Waals surface area contributed by atoms with E-state index in [-0.39, 0.29) is 17.4 Å². The maximum absolute atomic E-state index is 13.7. The second-order valence-corrected chi connectivity index (χ2v) is 5.83. The van der Waals surface area contributed by atoms with Crippen LogP contribution in [-0.2, 0) is 6.54 Å². The number of hydrogen-bond acceptors (Lipinski definition) is 3. The second-order valence-electron chi connectivity index (χ2n) is 5.83. The summed E-state index contributed by atoms with van der Waals surface area (Å²) in [5, 5.41) is 6.72. The molecule has 1 rings (SSSR count). The van der Waals surface area contributed by atoms with Crippen molar-refractivity contribution in [3.05, 3.63) is 29.6 Å². The fourth-order valence-electron chi connectivity index (χ4n) is 1.71. The molecule has 0 fully saturated rings. The third kappa shape index (κ3) is 5.57. The number of hydrogen-bond donors (Lipinski definition) is 2. The zero-order valence-corrected chi connectivity index (χ0v) is 12.5. The first-order valence-electron chi connectivity index (χ1n) is 6.63. The molecule has 2 N–H and O–H groups in total. The van der Waals surface area contributed by atoms with Gasteiger partial charge in [-0.1, -0.05) is 6.07 Å². The lowest BCUT2D eigenvalue weighted by Crippen LogP contribution is -2.44. The van der Waals surface area contributed by atoms with Crippen molar-refractivity contribution in [3.8, 4) is 5.75 Å². The number of benzene rings is 1. The first kappa shape index (κ1) is 15.9. The largest absolute Gasteiger partial charge is 0.496 e. The van der Waals surface area contributed by atoms with Crippen LogP contribution in [0, 0.1) is 5.82 Å². The highest BCUT2D eigenvalue weighted by Gasteiger charge is 2.13. The van der Waals surface area contributed by atoms with Crippen molar-refractivity contribution in [2.45, 2.75) is 45.8 Å². The summed E-state index contributed by atoms with van der Waals surface area (Å²) in [6.45, 7) is 9.74. The summed E-state index contributed by atoms with van der Waals surface area (Å²) in [5.41, 5.74) is 0.665. The highest BCUT2D eigenvalue weighted by molar-refractivity contribution is 5.34. The van der Waals surface area contributed by atoms with E-state index in [0.717, 1.165) is 6.54 Å². The molecule has 19 heavy (non-hydrogen) atoms. The van der Waals surface area contributed by atoms with Gasteiger partial charge >= 0.3 is 0 Å². The van der Waals surface area contributed by atoms with Gasteiger partial charge in [-0.25, -0.2) is 4.39 Å². The van der Waals surface area contributed by atoms with Gasteiger partial charge in [-0.15, -0.1) is 0 Å². The van der Waals surface area contributed by atoms with Crippen molar-refractivity contribution < 1.29 is 9.13 Å². The van der Waals surface area contributed by atoms with Gasteiger partial charge in [0.15, 0.2) is 0 Å². The van der Waals surface area contributed by atoms with Crippen LogP contribution in [0.4, 0.5) is 4.39 Å². The molecule has 0 heterocycles. The minimum Gasteiger partial charge on any atom is -0.496 e. The van der Waals surface area contributed by atoms with Crippen LogP contribution in [0.2, 0.25) is 0 Å². The Labute approximate surface area is 115 Å². The number of rotatable bonds is 6. The standard InChI is InChI=1S/C15H25FN2O/c1-11(9-18-15(2,3)4)17-10-12-13(16)7-6-8-14(12)19-5/h6-8,11,17-18H,9-10H2,1-5H3. The lowest BCUT2D eigenvalue weighted by molar-refractivity contribution is 0.378. The van der Waals surface area contributed by atoms with Gasteiger partial charge in [0.25, 0.3) is 0 Å². The van der Waals surface area contributed by atoms with Gasteiger partial charge in [0.2, 0.25) is 0 Å². The molecule has 4 heteroatoms. The molecule has 108 valence electrons. The van der Waals surface area contributed by atoms with Gasteiger partial charge in [-0.3, -0.25) is 0 Å². The first-order chi connectivity index (χ1) is 8.83. The summed E-state index contributed by atoms with van der Waals surface area (Å²) < 4.78 is 18.9. The van der Waals surface area contributed by atoms with Gasteiger partial charge in [0, 0.05) is 30.2 Å². The lowest BCUT2D eigenvalue weighted by atomic mass is 10.1. The SMILES string of the molecule is COc1cccc(F)c1CNC(C)CNC(C)(C)C. The Hall–Kier alpha value is -1.13. The molecular formula is C15H25FN2O. The molecular weight excluding hydrogens is 243 g/mol. The van der Waals surface area contributed by atoms with Crippen LogP contribution in [0.5, 0.6) is 5.75 Å². The minimum atomic E-state index is -0.233. The molecule has 0 saturated heterocycles. The highest BCUT2D eigenvalue weighted by Crippen LogP contribution is 2.20. The normalized spacial score (nSPS) is 13.4. The van der Waals surface area contributed by atoms with Crippen molar-refractivity contribution >= 4 is 0 Å². The zero-order valence-electron chi connectivity index (χ0n) is 12.5. The van der Waals surface area contributed by atoms with Crippen LogP contribution in [0.1, 0.15) is 33.3 Å². The summed E-state index contributed by atoms with van der Waals surface area (Å²) in [7, 11) is 1.56. The highest BCUT2D eigenvalue weighted by atomic mass is 19.1. The lowest BCUT2D eigenvalue weighted by Gasteiger charge is -2.24. The van der Waals surface area contributed by atoms with Crippen LogP contribution in [-0.4, -0.2) is 25.2 Å². The molecule has 1 aromatic rings. The van der Waals surface area contributed by atoms with Gasteiger partial charge in [-0.2, -0.15) is 0 Å². The topological polar surface area (TPSA) is 33.3 Å². The third-order valence-electron chi connectivity index (χ3n) is 2.86. The predicted octanol–water partition coefficient (Wildman–Crippen LogP) is 2.70. The Morgan fingerprint density at radius 1 is 1.32 bits per heavy atom. The average molecular weight is 268 g/mol. The van der Waals surface area contributed by atoms with Crippen molar-refractivity contribution in [1.29, 1.82) is 0 Å². The van der Waals surface area contributed by atoms with Crippen LogP contribution in [0.3, 0.4) is 0 Å². The Morgan fingerprint density at radius 3 is 2.58 bits per heavy atom. The monoisotopic (exact) mass is 268 g/mol. The molecule has 1 atom stereocenters. The molecule has 0 aromatic heterocycles. The molecule has 1 aromatic carbocycles. The quantitative estimate of drug-likeness (QED) is 0.832. The van der Waals surface area contributed by atoms with E-state index < -0.39 is 0 Å². The molecule has 0 radical (unpaired) electrons. The fourth-order valence-corrected chi connectivity index (χ4v) is 1.71. The predicted molar refractivity (Wildman–Crippen MR) is 77.0 cm³/mol. The zero-order chi connectivity index (χ0) is 14.5. The molecule has 0 amide bonds. The number of nitrogens with one attached hydrogen (secondary N) is 2. The number of ether oxygens (including phenoxy) is 1.